The number of hydrogen-bond acceptors (Lipinski definition) is 6. The Hall–Kier alpha value is -4.96. The maximum Gasteiger partial charge on any atom is 0.374 e. The van der Waals surface area contributed by atoms with Crippen LogP contribution < -0.4 is 4.74 Å². The Bertz CT molecular complexity index is 1640. The normalized spacial score (nSPS) is 15.4. The fourth-order valence-corrected chi connectivity index (χ4v) is 5.46. The molecule has 0 spiro atoms. The van der Waals surface area contributed by atoms with Crippen molar-refractivity contribution in [1.29, 1.82) is 0 Å². The highest BCUT2D eigenvalue weighted by Gasteiger charge is 2.46. The Balaban J connectivity index is 1.86. The van der Waals surface area contributed by atoms with Crippen LogP contribution in [0.4, 0.5) is 0 Å². The standard InChI is InChI=1S/C34H34ClN3O7/c1-21(2)31-33(42)38(37(23(4)40)29(32(41)34(43)44)17-24-10-6-5-7-11-24)30(19-36(31)22(3)39)26-13-9-15-28(18-26)45-20-25-12-8-14-27(35)16-25/h5-16,18-19,21,29,31H,17,20H2,1-4H3,(H,43,44)/t29-,31+/m0/s1. The molecule has 3 aromatic carbocycles. The molecule has 2 atom stereocenters. The van der Waals surface area contributed by atoms with Crippen LogP contribution >= 0.6 is 11.6 Å². The fraction of sp³-hybridized carbons (Fsp3) is 0.265. The second kappa shape index (κ2) is 14.2. The molecule has 11 heteroatoms. The van der Waals surface area contributed by atoms with E-state index in [4.69, 9.17) is 16.3 Å². The summed E-state index contributed by atoms with van der Waals surface area (Å²) in [5, 5.41) is 12.3. The van der Waals surface area contributed by atoms with Gasteiger partial charge in [-0.25, -0.2) is 14.8 Å². The molecule has 234 valence electrons. The summed E-state index contributed by atoms with van der Waals surface area (Å²) in [6.07, 6.45) is 1.28. The summed E-state index contributed by atoms with van der Waals surface area (Å²) in [6, 6.07) is 19.9. The van der Waals surface area contributed by atoms with Gasteiger partial charge in [-0.15, -0.1) is 0 Å². The van der Waals surface area contributed by atoms with Gasteiger partial charge in [-0.05, 0) is 41.3 Å². The van der Waals surface area contributed by atoms with Crippen molar-refractivity contribution in [2.45, 2.75) is 52.8 Å². The average Bonchev–Trinajstić information content (AvgIpc) is 3.00. The van der Waals surface area contributed by atoms with E-state index >= 15 is 0 Å². The van der Waals surface area contributed by atoms with Crippen LogP contribution in [0.25, 0.3) is 5.70 Å². The lowest BCUT2D eigenvalue weighted by atomic mass is 9.97. The average molecular weight is 632 g/mol. The largest absolute Gasteiger partial charge is 0.489 e. The summed E-state index contributed by atoms with van der Waals surface area (Å²) in [7, 11) is 0. The highest BCUT2D eigenvalue weighted by Crippen LogP contribution is 2.34. The van der Waals surface area contributed by atoms with Crippen molar-refractivity contribution in [3.05, 3.63) is 107 Å². The van der Waals surface area contributed by atoms with E-state index in [1.807, 2.05) is 6.07 Å². The maximum absolute atomic E-state index is 14.4. The third-order valence-corrected chi connectivity index (χ3v) is 7.52. The van der Waals surface area contributed by atoms with Crippen LogP contribution in [0.15, 0.2) is 85.1 Å². The van der Waals surface area contributed by atoms with E-state index in [1.165, 1.54) is 18.0 Å². The van der Waals surface area contributed by atoms with Gasteiger partial charge in [0.2, 0.25) is 11.8 Å². The van der Waals surface area contributed by atoms with Crippen LogP contribution in [-0.4, -0.2) is 61.6 Å². The van der Waals surface area contributed by atoms with Crippen molar-refractivity contribution < 1.29 is 33.8 Å². The van der Waals surface area contributed by atoms with E-state index in [0.29, 0.717) is 21.9 Å². The highest BCUT2D eigenvalue weighted by atomic mass is 35.5. The van der Waals surface area contributed by atoms with Gasteiger partial charge in [0.1, 0.15) is 24.4 Å². The Morgan fingerprint density at radius 3 is 2.20 bits per heavy atom. The van der Waals surface area contributed by atoms with Crippen molar-refractivity contribution in [2.75, 3.05) is 0 Å². The summed E-state index contributed by atoms with van der Waals surface area (Å²) in [4.78, 5) is 67.2. The molecule has 45 heavy (non-hydrogen) atoms. The Morgan fingerprint density at radius 2 is 1.60 bits per heavy atom. The second-order valence-electron chi connectivity index (χ2n) is 11.0. The number of ether oxygens (including phenoxy) is 1. The SMILES string of the molecule is CC(=O)N1C=C(c2cccc(OCc3cccc(Cl)c3)c2)N(N(C(C)=O)[C@@H](Cc2ccccc2)C(=O)C(=O)O)C(=O)[C@H]1C(C)C. The third-order valence-electron chi connectivity index (χ3n) is 7.29. The van der Waals surface area contributed by atoms with Gasteiger partial charge in [-0.2, -0.15) is 0 Å². The molecule has 10 nitrogen and oxygen atoms in total. The van der Waals surface area contributed by atoms with Crippen LogP contribution in [0.2, 0.25) is 5.02 Å². The third kappa shape index (κ3) is 7.58. The number of benzene rings is 3. The van der Waals surface area contributed by atoms with E-state index in [9.17, 15) is 29.1 Å². The van der Waals surface area contributed by atoms with Crippen molar-refractivity contribution in [3.8, 4) is 5.75 Å². The lowest BCUT2D eigenvalue weighted by molar-refractivity contribution is -0.171. The summed E-state index contributed by atoms with van der Waals surface area (Å²) in [5.74, 6) is -4.83. The molecule has 0 unspecified atom stereocenters. The van der Waals surface area contributed by atoms with E-state index in [2.05, 4.69) is 0 Å². The van der Waals surface area contributed by atoms with E-state index in [-0.39, 0.29) is 18.7 Å². The van der Waals surface area contributed by atoms with Gasteiger partial charge in [0.15, 0.2) is 0 Å². The van der Waals surface area contributed by atoms with Crippen molar-refractivity contribution >= 4 is 46.8 Å². The number of hydrogen-bond donors (Lipinski definition) is 1. The Morgan fingerprint density at radius 1 is 0.933 bits per heavy atom. The number of hydrazine groups is 1. The number of ketones is 1. The zero-order chi connectivity index (χ0) is 32.8. The first-order valence-electron chi connectivity index (χ1n) is 14.3. The van der Waals surface area contributed by atoms with Crippen molar-refractivity contribution in [3.63, 3.8) is 0 Å². The summed E-state index contributed by atoms with van der Waals surface area (Å²) >= 11 is 6.10. The molecule has 0 saturated heterocycles. The van der Waals surface area contributed by atoms with Crippen LogP contribution in [-0.2, 0) is 37.0 Å². The molecule has 4 rings (SSSR count). The van der Waals surface area contributed by atoms with Crippen LogP contribution in [0.1, 0.15) is 44.4 Å². The molecular weight excluding hydrogens is 598 g/mol. The number of aliphatic carboxylic acids is 1. The topological polar surface area (TPSA) is 125 Å². The Kier molecular flexibility index (Phi) is 10.4. The van der Waals surface area contributed by atoms with Gasteiger partial charge in [0.05, 0.1) is 5.70 Å². The number of carbonyl (C=O) groups excluding carboxylic acids is 4. The molecule has 0 bridgehead atoms. The molecule has 0 saturated carbocycles. The number of Topliss-reactive ketones (excluding diaryl/α,β-unsaturated/α-hetero) is 1. The highest BCUT2D eigenvalue weighted by molar-refractivity contribution is 6.35. The molecule has 0 radical (unpaired) electrons. The van der Waals surface area contributed by atoms with Gasteiger partial charge in [-0.3, -0.25) is 19.2 Å². The molecule has 0 aliphatic carbocycles. The van der Waals surface area contributed by atoms with Crippen LogP contribution in [0, 0.1) is 5.92 Å². The van der Waals surface area contributed by atoms with Gasteiger partial charge < -0.3 is 14.7 Å². The number of halogens is 1. The quantitative estimate of drug-likeness (QED) is 0.297. The summed E-state index contributed by atoms with van der Waals surface area (Å²) in [5.41, 5.74) is 1.88. The van der Waals surface area contributed by atoms with E-state index < -0.39 is 47.5 Å². The number of rotatable bonds is 11. The smallest absolute Gasteiger partial charge is 0.374 e. The van der Waals surface area contributed by atoms with Crippen LogP contribution in [0.3, 0.4) is 0 Å². The molecule has 0 fully saturated rings. The van der Waals surface area contributed by atoms with Gasteiger partial charge in [0.25, 0.3) is 11.7 Å². The molecule has 3 amide bonds. The van der Waals surface area contributed by atoms with Gasteiger partial charge in [-0.1, -0.05) is 80.0 Å². The van der Waals surface area contributed by atoms with Crippen LogP contribution in [0.5, 0.6) is 5.75 Å². The van der Waals surface area contributed by atoms with E-state index in [1.54, 1.807) is 86.6 Å². The van der Waals surface area contributed by atoms with Gasteiger partial charge >= 0.3 is 5.97 Å². The number of carboxylic acid groups (broad SMARTS) is 1. The van der Waals surface area contributed by atoms with E-state index in [0.717, 1.165) is 22.5 Å². The summed E-state index contributed by atoms with van der Waals surface area (Å²) < 4.78 is 6.00. The lowest BCUT2D eigenvalue weighted by Crippen LogP contribution is -2.63. The zero-order valence-electron chi connectivity index (χ0n) is 25.3. The van der Waals surface area contributed by atoms with Crippen molar-refractivity contribution in [2.24, 2.45) is 5.92 Å². The molecule has 3 aromatic rings. The predicted molar refractivity (Wildman–Crippen MR) is 167 cm³/mol. The fourth-order valence-electron chi connectivity index (χ4n) is 5.25. The first kappa shape index (κ1) is 32.9. The zero-order valence-corrected chi connectivity index (χ0v) is 26.1. The second-order valence-corrected chi connectivity index (χ2v) is 11.4. The molecule has 1 aliphatic rings. The first-order chi connectivity index (χ1) is 21.4. The number of carbonyl (C=O) groups is 5. The molecule has 1 N–H and O–H groups in total. The first-order valence-corrected chi connectivity index (χ1v) is 14.7. The minimum Gasteiger partial charge on any atom is -0.489 e. The molecule has 1 aliphatic heterocycles. The maximum atomic E-state index is 14.4. The minimum atomic E-state index is -1.75. The molecule has 0 aromatic heterocycles. The minimum absolute atomic E-state index is 0.0896. The lowest BCUT2D eigenvalue weighted by Gasteiger charge is -2.46. The molecule has 1 heterocycles. The predicted octanol–water partition coefficient (Wildman–Crippen LogP) is 4.96. The van der Waals surface area contributed by atoms with Crippen molar-refractivity contribution in [1.82, 2.24) is 14.9 Å². The van der Waals surface area contributed by atoms with Gasteiger partial charge in [0, 0.05) is 37.1 Å². The summed E-state index contributed by atoms with van der Waals surface area (Å²) in [6.45, 7) is 6.17. The molecular formula is C34H34ClN3O7. The number of amides is 3. The monoisotopic (exact) mass is 631 g/mol. The Labute approximate surface area is 266 Å². The number of nitrogens with zero attached hydrogens (tertiary/aromatic N) is 3. The number of carboxylic acids is 1.